The molecule has 2 heterocycles. The third kappa shape index (κ3) is 2.13. The molecule has 0 bridgehead atoms. The van der Waals surface area contributed by atoms with E-state index < -0.39 is 46.9 Å². The molecule has 0 saturated carbocycles. The highest BCUT2D eigenvalue weighted by atomic mass is 32.2. The van der Waals surface area contributed by atoms with Gasteiger partial charge >= 0.3 is 4.34 Å². The van der Waals surface area contributed by atoms with Crippen molar-refractivity contribution in [2.75, 3.05) is 6.26 Å². The molecule has 3 rings (SSSR count). The van der Waals surface area contributed by atoms with Gasteiger partial charge in [0.25, 0.3) is 5.56 Å². The van der Waals surface area contributed by atoms with Gasteiger partial charge < -0.3 is 4.55 Å². The van der Waals surface area contributed by atoms with Crippen molar-refractivity contribution < 1.29 is 11.4 Å². The van der Waals surface area contributed by atoms with Gasteiger partial charge in [-0.2, -0.15) is 4.98 Å². The summed E-state index contributed by atoms with van der Waals surface area (Å²) in [6.07, 6.45) is 1.43. The van der Waals surface area contributed by atoms with E-state index in [1.807, 2.05) is 0 Å². The standard InChI is InChI=1S/C13H11N3O2S2/c1-16-10(8-6-4-3-5-7-8)15-11-9(12(16)17)14-13(19-11)20(2)18/h3-7H,1-2H3/i3D,4D,5D,6D,7D. The Hall–Kier alpha value is -1.70. The summed E-state index contributed by atoms with van der Waals surface area (Å²) in [4.78, 5) is 21.0. The average molecular weight is 310 g/mol. The second kappa shape index (κ2) is 5.01. The number of hydrogen-bond donors (Lipinski definition) is 0. The van der Waals surface area contributed by atoms with E-state index in [-0.39, 0.29) is 26.1 Å². The first kappa shape index (κ1) is 8.56. The topological polar surface area (TPSA) is 70.8 Å². The van der Waals surface area contributed by atoms with Crippen LogP contribution in [0.25, 0.3) is 21.7 Å². The lowest BCUT2D eigenvalue weighted by Gasteiger charge is -2.06. The lowest BCUT2D eigenvalue weighted by Crippen LogP contribution is -2.20. The molecular formula is C13H11N3O2S2. The van der Waals surface area contributed by atoms with E-state index in [0.717, 1.165) is 15.9 Å². The first-order valence-corrected chi connectivity index (χ1v) is 7.80. The number of nitrogens with zero attached hydrogens (tertiary/aromatic N) is 3. The zero-order chi connectivity index (χ0) is 18.6. The van der Waals surface area contributed by atoms with Gasteiger partial charge in [0.05, 0.1) is 6.85 Å². The highest BCUT2D eigenvalue weighted by Crippen LogP contribution is 2.24. The largest absolute Gasteiger partial charge is 0.610 e. The lowest BCUT2D eigenvalue weighted by molar-refractivity contribution is 0.600. The van der Waals surface area contributed by atoms with Gasteiger partial charge in [0.15, 0.2) is 10.3 Å². The first-order chi connectivity index (χ1) is 11.6. The molecule has 0 radical (unpaired) electrons. The third-order valence-electron chi connectivity index (χ3n) is 2.59. The number of benzene rings is 1. The van der Waals surface area contributed by atoms with Gasteiger partial charge in [-0.15, -0.1) is 0 Å². The van der Waals surface area contributed by atoms with Crippen LogP contribution >= 0.6 is 11.3 Å². The van der Waals surface area contributed by atoms with E-state index in [2.05, 4.69) is 9.97 Å². The zero-order valence-corrected chi connectivity index (χ0v) is 12.1. The van der Waals surface area contributed by atoms with Crippen LogP contribution in [0, 0.1) is 0 Å². The number of aromatic nitrogens is 3. The average Bonchev–Trinajstić information content (AvgIpc) is 3.00. The van der Waals surface area contributed by atoms with Gasteiger partial charge in [0, 0.05) is 23.8 Å². The molecular weight excluding hydrogens is 294 g/mol. The van der Waals surface area contributed by atoms with Crippen molar-refractivity contribution in [1.29, 1.82) is 0 Å². The number of thiazole rings is 1. The minimum atomic E-state index is -1.39. The van der Waals surface area contributed by atoms with Crippen LogP contribution in [-0.2, 0) is 18.2 Å². The minimum Gasteiger partial charge on any atom is -0.610 e. The number of rotatable bonds is 2. The van der Waals surface area contributed by atoms with Gasteiger partial charge in [0.1, 0.15) is 12.1 Å². The molecule has 102 valence electrons. The number of hydrogen-bond acceptors (Lipinski definition) is 5. The smallest absolute Gasteiger partial charge is 0.304 e. The minimum absolute atomic E-state index is 0.0359. The van der Waals surface area contributed by atoms with Gasteiger partial charge in [-0.3, -0.25) is 9.36 Å². The molecule has 2 aromatic heterocycles. The fourth-order valence-corrected chi connectivity index (χ4v) is 3.23. The molecule has 0 aliphatic heterocycles. The number of fused-ring (bicyclic) bond motifs is 1. The maximum Gasteiger partial charge on any atom is 0.304 e. The molecule has 1 unspecified atom stereocenters. The van der Waals surface area contributed by atoms with Crippen molar-refractivity contribution >= 4 is 32.9 Å². The Morgan fingerprint density at radius 3 is 2.70 bits per heavy atom. The van der Waals surface area contributed by atoms with Crippen molar-refractivity contribution in [1.82, 2.24) is 14.5 Å². The summed E-state index contributed by atoms with van der Waals surface area (Å²) in [7, 11) is 1.38. The summed E-state index contributed by atoms with van der Waals surface area (Å²) < 4.78 is 52.1. The van der Waals surface area contributed by atoms with Crippen molar-refractivity contribution in [2.24, 2.45) is 7.05 Å². The normalized spacial score (nSPS) is 16.2. The van der Waals surface area contributed by atoms with E-state index >= 15 is 0 Å². The van der Waals surface area contributed by atoms with Crippen molar-refractivity contribution in [3.8, 4) is 11.4 Å². The zero-order valence-electron chi connectivity index (χ0n) is 15.5. The van der Waals surface area contributed by atoms with Crippen LogP contribution in [0.5, 0.6) is 0 Å². The van der Waals surface area contributed by atoms with Crippen LogP contribution in [0.2, 0.25) is 0 Å². The molecule has 7 heteroatoms. The van der Waals surface area contributed by atoms with Gasteiger partial charge in [-0.1, -0.05) is 30.2 Å². The second-order valence-electron chi connectivity index (χ2n) is 3.89. The van der Waals surface area contributed by atoms with E-state index in [1.54, 1.807) is 0 Å². The third-order valence-corrected chi connectivity index (χ3v) is 4.87. The maximum atomic E-state index is 12.5. The lowest BCUT2D eigenvalue weighted by atomic mass is 10.2. The fraction of sp³-hybridized carbons (Fsp3) is 0.154. The van der Waals surface area contributed by atoms with Crippen LogP contribution in [-0.4, -0.2) is 25.3 Å². The predicted octanol–water partition coefficient (Wildman–Crippen LogP) is 1.79. The summed E-state index contributed by atoms with van der Waals surface area (Å²) in [6.45, 7) is 0. The monoisotopic (exact) mass is 310 g/mol. The molecule has 0 spiro atoms. The quantitative estimate of drug-likeness (QED) is 0.677. The summed E-state index contributed by atoms with van der Waals surface area (Å²) in [6, 6.07) is -2.44. The van der Waals surface area contributed by atoms with Gasteiger partial charge in [-0.05, 0) is 11.3 Å². The molecule has 20 heavy (non-hydrogen) atoms. The van der Waals surface area contributed by atoms with Crippen LogP contribution in [0.1, 0.15) is 6.85 Å². The molecule has 0 aliphatic rings. The molecule has 0 aliphatic carbocycles. The fourth-order valence-electron chi connectivity index (χ4n) is 1.64. The molecule has 0 N–H and O–H groups in total. The van der Waals surface area contributed by atoms with Crippen LogP contribution in [0.15, 0.2) is 39.3 Å². The molecule has 0 amide bonds. The van der Waals surface area contributed by atoms with Crippen molar-refractivity contribution in [3.05, 3.63) is 40.6 Å². The molecule has 5 nitrogen and oxygen atoms in total. The summed E-state index contributed by atoms with van der Waals surface area (Å²) in [5.41, 5.74) is -0.673. The Bertz CT molecular complexity index is 1050. The van der Waals surface area contributed by atoms with Crippen LogP contribution in [0.3, 0.4) is 0 Å². The van der Waals surface area contributed by atoms with Crippen molar-refractivity contribution in [2.45, 2.75) is 4.34 Å². The predicted molar refractivity (Wildman–Crippen MR) is 80.4 cm³/mol. The molecule has 0 fully saturated rings. The second-order valence-corrected chi connectivity index (χ2v) is 6.42. The Kier molecular flexibility index (Phi) is 2.14. The summed E-state index contributed by atoms with van der Waals surface area (Å²) in [5.74, 6) is -0.0633. The Balaban J connectivity index is 2.42. The van der Waals surface area contributed by atoms with Crippen molar-refractivity contribution in [3.63, 3.8) is 0 Å². The Morgan fingerprint density at radius 1 is 1.35 bits per heavy atom. The summed E-state index contributed by atoms with van der Waals surface area (Å²) >= 11 is -0.415. The highest BCUT2D eigenvalue weighted by Gasteiger charge is 2.18. The molecule has 1 atom stereocenters. The van der Waals surface area contributed by atoms with E-state index in [4.69, 9.17) is 6.85 Å². The van der Waals surface area contributed by atoms with E-state index in [0.29, 0.717) is 0 Å². The van der Waals surface area contributed by atoms with E-state index in [9.17, 15) is 9.35 Å². The van der Waals surface area contributed by atoms with Crippen LogP contribution in [0.4, 0.5) is 0 Å². The summed E-state index contributed by atoms with van der Waals surface area (Å²) in [5, 5.41) is 0. The SMILES string of the molecule is [2H]c1c([2H])c([2H])c(-c2nc3sc([S+](C)[O-])nc3c(=O)n2C)c([2H])c1[2H]. The molecule has 1 aromatic carbocycles. The Labute approximate surface area is 129 Å². The molecule has 0 saturated heterocycles. The first-order valence-electron chi connectivity index (χ1n) is 7.93. The van der Waals surface area contributed by atoms with Gasteiger partial charge in [-0.25, -0.2) is 4.98 Å². The Morgan fingerprint density at radius 2 is 2.05 bits per heavy atom. The van der Waals surface area contributed by atoms with Gasteiger partial charge in [0.2, 0.25) is 0 Å². The maximum absolute atomic E-state index is 12.5. The highest BCUT2D eigenvalue weighted by molar-refractivity contribution is 7.92. The molecule has 3 aromatic rings. The van der Waals surface area contributed by atoms with Crippen LogP contribution < -0.4 is 5.56 Å². The van der Waals surface area contributed by atoms with E-state index in [1.165, 1.54) is 13.3 Å².